The summed E-state index contributed by atoms with van der Waals surface area (Å²) in [6.45, 7) is 9.34. The summed E-state index contributed by atoms with van der Waals surface area (Å²) < 4.78 is 0. The number of nitrogens with one attached hydrogen (secondary N) is 1. The molecule has 0 spiro atoms. The Balaban J connectivity index is 2.42. The van der Waals surface area contributed by atoms with E-state index in [1.807, 2.05) is 0 Å². The minimum Gasteiger partial charge on any atom is -0.271 e. The summed E-state index contributed by atoms with van der Waals surface area (Å²) >= 11 is 2.06. The molecule has 0 radical (unpaired) electrons. The van der Waals surface area contributed by atoms with Crippen LogP contribution in [0.25, 0.3) is 0 Å². The lowest BCUT2D eigenvalue weighted by Gasteiger charge is -2.36. The second-order valence-corrected chi connectivity index (χ2v) is 7.47. The molecular weight excluding hydrogens is 228 g/mol. The Morgan fingerprint density at radius 3 is 2.29 bits per heavy atom. The van der Waals surface area contributed by atoms with Gasteiger partial charge in [-0.2, -0.15) is 11.8 Å². The monoisotopic (exact) mass is 258 g/mol. The maximum atomic E-state index is 5.76. The molecule has 4 atom stereocenters. The fourth-order valence-corrected chi connectivity index (χ4v) is 4.18. The van der Waals surface area contributed by atoms with E-state index in [9.17, 15) is 0 Å². The fraction of sp³-hybridized carbons (Fsp3) is 1.00. The summed E-state index contributed by atoms with van der Waals surface area (Å²) in [5, 5.41) is 0.754. The Morgan fingerprint density at radius 2 is 1.82 bits per heavy atom. The van der Waals surface area contributed by atoms with E-state index < -0.39 is 0 Å². The van der Waals surface area contributed by atoms with Gasteiger partial charge in [0.2, 0.25) is 0 Å². The van der Waals surface area contributed by atoms with Crippen LogP contribution in [0.2, 0.25) is 0 Å². The number of hydrazine groups is 1. The molecule has 1 fully saturated rings. The predicted octanol–water partition coefficient (Wildman–Crippen LogP) is 3.42. The first-order valence-electron chi connectivity index (χ1n) is 7.14. The first kappa shape index (κ1) is 15.3. The number of hydrogen-bond donors (Lipinski definition) is 2. The van der Waals surface area contributed by atoms with Crippen molar-refractivity contribution >= 4 is 11.8 Å². The lowest BCUT2D eigenvalue weighted by atomic mass is 9.74. The molecule has 0 amide bonds. The third kappa shape index (κ3) is 5.19. The van der Waals surface area contributed by atoms with E-state index in [0.29, 0.717) is 6.04 Å². The molecule has 3 N–H and O–H groups in total. The van der Waals surface area contributed by atoms with Crippen LogP contribution in [0.5, 0.6) is 0 Å². The lowest BCUT2D eigenvalue weighted by molar-refractivity contribution is 0.185. The number of hydrogen-bond acceptors (Lipinski definition) is 3. The van der Waals surface area contributed by atoms with E-state index >= 15 is 0 Å². The molecule has 0 aromatic carbocycles. The SMILES string of the molecule is CCC(C)SCC(NN)C1CC(C)CC(C)C1. The summed E-state index contributed by atoms with van der Waals surface area (Å²) in [6.07, 6.45) is 5.34. The fourth-order valence-electron chi connectivity index (χ4n) is 3.04. The van der Waals surface area contributed by atoms with Crippen molar-refractivity contribution in [1.82, 2.24) is 5.43 Å². The molecule has 0 aromatic heterocycles. The van der Waals surface area contributed by atoms with Crippen LogP contribution in [0.15, 0.2) is 0 Å². The Morgan fingerprint density at radius 1 is 1.24 bits per heavy atom. The minimum atomic E-state index is 0.499. The molecule has 1 rings (SSSR count). The summed E-state index contributed by atoms with van der Waals surface area (Å²) in [5.74, 6) is 9.43. The van der Waals surface area contributed by atoms with Crippen LogP contribution < -0.4 is 11.3 Å². The smallest absolute Gasteiger partial charge is 0.0329 e. The van der Waals surface area contributed by atoms with Crippen molar-refractivity contribution in [2.75, 3.05) is 5.75 Å². The zero-order valence-electron chi connectivity index (χ0n) is 11.9. The molecule has 1 aliphatic rings. The van der Waals surface area contributed by atoms with Gasteiger partial charge in [-0.1, -0.05) is 27.7 Å². The van der Waals surface area contributed by atoms with Crippen LogP contribution in [0.1, 0.15) is 53.4 Å². The number of rotatable bonds is 6. The highest BCUT2D eigenvalue weighted by atomic mass is 32.2. The van der Waals surface area contributed by atoms with Crippen molar-refractivity contribution in [3.8, 4) is 0 Å². The van der Waals surface area contributed by atoms with E-state index in [1.54, 1.807) is 0 Å². The van der Waals surface area contributed by atoms with Crippen LogP contribution in [0.3, 0.4) is 0 Å². The summed E-state index contributed by atoms with van der Waals surface area (Å²) in [5.41, 5.74) is 3.07. The summed E-state index contributed by atoms with van der Waals surface area (Å²) in [7, 11) is 0. The zero-order chi connectivity index (χ0) is 12.8. The molecule has 2 nitrogen and oxygen atoms in total. The van der Waals surface area contributed by atoms with Gasteiger partial charge in [0.1, 0.15) is 0 Å². The average molecular weight is 258 g/mol. The highest BCUT2D eigenvalue weighted by molar-refractivity contribution is 7.99. The Kier molecular flexibility index (Phi) is 6.90. The van der Waals surface area contributed by atoms with Crippen molar-refractivity contribution in [3.05, 3.63) is 0 Å². The van der Waals surface area contributed by atoms with Crippen LogP contribution in [-0.2, 0) is 0 Å². The van der Waals surface area contributed by atoms with Crippen LogP contribution >= 0.6 is 11.8 Å². The molecule has 0 saturated heterocycles. The molecular formula is C14H30N2S. The highest BCUT2D eigenvalue weighted by Crippen LogP contribution is 2.35. The van der Waals surface area contributed by atoms with Gasteiger partial charge in [0.15, 0.2) is 0 Å². The molecule has 4 unspecified atom stereocenters. The van der Waals surface area contributed by atoms with Gasteiger partial charge >= 0.3 is 0 Å². The van der Waals surface area contributed by atoms with Gasteiger partial charge in [0.05, 0.1) is 0 Å². The molecule has 1 aliphatic carbocycles. The molecule has 0 heterocycles. The van der Waals surface area contributed by atoms with Crippen molar-refractivity contribution < 1.29 is 0 Å². The van der Waals surface area contributed by atoms with E-state index in [1.165, 1.54) is 25.7 Å². The minimum absolute atomic E-state index is 0.499. The zero-order valence-corrected chi connectivity index (χ0v) is 12.7. The van der Waals surface area contributed by atoms with Crippen LogP contribution in [0.4, 0.5) is 0 Å². The highest BCUT2D eigenvalue weighted by Gasteiger charge is 2.29. The first-order valence-corrected chi connectivity index (χ1v) is 8.19. The molecule has 3 heteroatoms. The van der Waals surface area contributed by atoms with E-state index in [2.05, 4.69) is 44.9 Å². The van der Waals surface area contributed by atoms with E-state index in [4.69, 9.17) is 5.84 Å². The second kappa shape index (κ2) is 7.65. The topological polar surface area (TPSA) is 38.0 Å². The maximum Gasteiger partial charge on any atom is 0.0329 e. The molecule has 0 aliphatic heterocycles. The standard InChI is InChI=1S/C14H30N2S/c1-5-12(4)17-9-14(16-15)13-7-10(2)6-11(3)8-13/h10-14,16H,5-9,15H2,1-4H3. The van der Waals surface area contributed by atoms with Gasteiger partial charge < -0.3 is 0 Å². The quantitative estimate of drug-likeness (QED) is 0.566. The van der Waals surface area contributed by atoms with Crippen LogP contribution in [0, 0.1) is 17.8 Å². The summed E-state index contributed by atoms with van der Waals surface area (Å²) in [4.78, 5) is 0. The summed E-state index contributed by atoms with van der Waals surface area (Å²) in [6, 6.07) is 0.499. The molecule has 1 saturated carbocycles. The van der Waals surface area contributed by atoms with E-state index in [-0.39, 0.29) is 0 Å². The van der Waals surface area contributed by atoms with Gasteiger partial charge in [0, 0.05) is 17.0 Å². The first-order chi connectivity index (χ1) is 8.06. The number of thioether (sulfide) groups is 1. The van der Waals surface area contributed by atoms with Gasteiger partial charge in [0.25, 0.3) is 0 Å². The third-order valence-corrected chi connectivity index (χ3v) is 5.59. The second-order valence-electron chi connectivity index (χ2n) is 6.00. The van der Waals surface area contributed by atoms with Gasteiger partial charge in [-0.05, 0) is 43.4 Å². The van der Waals surface area contributed by atoms with Crippen molar-refractivity contribution in [1.29, 1.82) is 0 Å². The largest absolute Gasteiger partial charge is 0.271 e. The average Bonchev–Trinajstić information content (AvgIpc) is 2.28. The van der Waals surface area contributed by atoms with Crippen LogP contribution in [-0.4, -0.2) is 17.0 Å². The van der Waals surface area contributed by atoms with E-state index in [0.717, 1.165) is 28.8 Å². The number of nitrogens with two attached hydrogens (primary N) is 1. The third-order valence-electron chi connectivity index (χ3n) is 4.13. The predicted molar refractivity (Wildman–Crippen MR) is 79.0 cm³/mol. The van der Waals surface area contributed by atoms with Crippen molar-refractivity contribution in [2.24, 2.45) is 23.6 Å². The van der Waals surface area contributed by atoms with Gasteiger partial charge in [-0.3, -0.25) is 11.3 Å². The Labute approximate surface area is 111 Å². The van der Waals surface area contributed by atoms with Crippen molar-refractivity contribution in [3.63, 3.8) is 0 Å². The molecule has 17 heavy (non-hydrogen) atoms. The van der Waals surface area contributed by atoms with Gasteiger partial charge in [-0.25, -0.2) is 0 Å². The Bertz CT molecular complexity index is 200. The lowest BCUT2D eigenvalue weighted by Crippen LogP contribution is -2.45. The Hall–Kier alpha value is 0.270. The maximum absolute atomic E-state index is 5.76. The molecule has 0 aromatic rings. The van der Waals surface area contributed by atoms with Crippen molar-refractivity contribution in [2.45, 2.75) is 64.7 Å². The molecule has 102 valence electrons. The van der Waals surface area contributed by atoms with Gasteiger partial charge in [-0.15, -0.1) is 0 Å². The normalized spacial score (nSPS) is 33.4. The molecule has 0 bridgehead atoms.